The summed E-state index contributed by atoms with van der Waals surface area (Å²) in [5, 5.41) is 4.96. The van der Waals surface area contributed by atoms with E-state index in [0.29, 0.717) is 23.2 Å². The molecule has 0 aliphatic heterocycles. The predicted molar refractivity (Wildman–Crippen MR) is 147 cm³/mol. The third-order valence-corrected chi connectivity index (χ3v) is 7.60. The predicted octanol–water partition coefficient (Wildman–Crippen LogP) is 5.50. The Morgan fingerprint density at radius 1 is 0.919 bits per heavy atom. The second kappa shape index (κ2) is 13.8. The van der Waals surface area contributed by atoms with Crippen LogP contribution in [0.3, 0.4) is 0 Å². The summed E-state index contributed by atoms with van der Waals surface area (Å²) >= 11 is 0.789. The van der Waals surface area contributed by atoms with Crippen molar-refractivity contribution in [2.75, 3.05) is 36.4 Å². The Hall–Kier alpha value is -3.42. The smallest absolute Gasteiger partial charge is 0.413 e. The van der Waals surface area contributed by atoms with Crippen molar-refractivity contribution in [1.29, 1.82) is 0 Å². The van der Waals surface area contributed by atoms with Crippen LogP contribution in [0.1, 0.15) is 26.7 Å². The van der Waals surface area contributed by atoms with Gasteiger partial charge in [-0.2, -0.15) is 0 Å². The molecule has 4 aromatic rings. The highest BCUT2D eigenvalue weighted by atomic mass is 32.2. The summed E-state index contributed by atoms with van der Waals surface area (Å²) in [6.07, 6.45) is 0.877. The first-order valence-corrected chi connectivity index (χ1v) is 13.9. The number of methoxy groups -OCH3 is 2. The number of nitrogens with zero attached hydrogens (tertiary/aromatic N) is 2. The van der Waals surface area contributed by atoms with E-state index in [1.807, 2.05) is 25.1 Å². The molecule has 11 nitrogen and oxygen atoms in total. The van der Waals surface area contributed by atoms with Gasteiger partial charge in [0.1, 0.15) is 5.75 Å². The van der Waals surface area contributed by atoms with E-state index < -0.39 is 23.4 Å². The Morgan fingerprint density at radius 2 is 1.49 bits per heavy atom. The average Bonchev–Trinajstić information content (AvgIpc) is 3.49. The monoisotopic (exact) mass is 546 g/mol. The number of imidazole rings is 2. The normalized spacial score (nSPS) is 11.5. The molecule has 0 fully saturated rings. The highest BCUT2D eigenvalue weighted by Crippen LogP contribution is 2.24. The van der Waals surface area contributed by atoms with Gasteiger partial charge < -0.3 is 24.0 Å². The number of H-pyrrole nitrogens is 2. The number of aromatic nitrogens is 4. The van der Waals surface area contributed by atoms with Crippen LogP contribution in [0.25, 0.3) is 22.1 Å². The van der Waals surface area contributed by atoms with Gasteiger partial charge >= 0.3 is 12.2 Å². The SMILES string of the molecule is CCCSc1ccc2[nH]c(NC(=O)OC)nc2c1.CCC[S+]([O-])c1ccc2[nH]c(NC(=O)OC)nc2c1. The van der Waals surface area contributed by atoms with Crippen molar-refractivity contribution in [3.63, 3.8) is 0 Å². The van der Waals surface area contributed by atoms with E-state index in [-0.39, 0.29) is 0 Å². The van der Waals surface area contributed by atoms with Gasteiger partial charge in [-0.15, -0.1) is 11.8 Å². The van der Waals surface area contributed by atoms with Gasteiger partial charge in [0, 0.05) is 11.0 Å². The third kappa shape index (κ3) is 8.03. The number of aromatic amines is 2. The molecular formula is C24H30N6O5S2. The quantitative estimate of drug-likeness (QED) is 0.167. The summed E-state index contributed by atoms with van der Waals surface area (Å²) in [7, 11) is 2.60. The Bertz CT molecular complexity index is 1340. The first-order chi connectivity index (χ1) is 17.9. The van der Waals surface area contributed by atoms with Gasteiger partial charge in [-0.05, 0) is 60.1 Å². The van der Waals surface area contributed by atoms with Crippen molar-refractivity contribution in [1.82, 2.24) is 19.9 Å². The summed E-state index contributed by atoms with van der Waals surface area (Å²) in [6, 6.07) is 11.4. The summed E-state index contributed by atoms with van der Waals surface area (Å²) in [4.78, 5) is 38.5. The molecule has 13 heteroatoms. The number of thioether (sulfide) groups is 1. The third-order valence-electron chi connectivity index (χ3n) is 4.85. The number of hydrogen-bond donors (Lipinski definition) is 4. The molecule has 2 aromatic heterocycles. The molecule has 2 aromatic carbocycles. The Kier molecular flexibility index (Phi) is 10.5. The second-order valence-corrected chi connectivity index (χ2v) is 10.4. The molecular weight excluding hydrogens is 516 g/mol. The molecule has 4 N–H and O–H groups in total. The minimum absolute atomic E-state index is 0.306. The van der Waals surface area contributed by atoms with E-state index in [4.69, 9.17) is 0 Å². The van der Waals surface area contributed by atoms with Crippen LogP contribution in [0.2, 0.25) is 0 Å². The number of ether oxygens (including phenoxy) is 2. The molecule has 0 aliphatic carbocycles. The van der Waals surface area contributed by atoms with Crippen LogP contribution in [-0.2, 0) is 20.6 Å². The van der Waals surface area contributed by atoms with Gasteiger partial charge in [0.2, 0.25) is 11.9 Å². The first-order valence-electron chi connectivity index (χ1n) is 11.6. The van der Waals surface area contributed by atoms with Crippen molar-refractivity contribution in [3.8, 4) is 0 Å². The van der Waals surface area contributed by atoms with Gasteiger partial charge in [0.05, 0.1) is 36.3 Å². The number of hydrogen-bond acceptors (Lipinski definition) is 8. The van der Waals surface area contributed by atoms with E-state index in [0.717, 1.165) is 40.0 Å². The summed E-state index contributed by atoms with van der Waals surface area (Å²) in [5.74, 6) is 2.42. The van der Waals surface area contributed by atoms with Gasteiger partial charge in [0.25, 0.3) is 0 Å². The highest BCUT2D eigenvalue weighted by Gasteiger charge is 2.13. The maximum atomic E-state index is 11.9. The molecule has 4 rings (SSSR count). The molecule has 1 atom stereocenters. The topological polar surface area (TPSA) is 157 Å². The van der Waals surface area contributed by atoms with Gasteiger partial charge in [-0.25, -0.2) is 19.6 Å². The lowest BCUT2D eigenvalue weighted by atomic mass is 10.3. The van der Waals surface area contributed by atoms with Crippen LogP contribution in [0.15, 0.2) is 46.2 Å². The molecule has 0 saturated carbocycles. The summed E-state index contributed by atoms with van der Waals surface area (Å²) < 4.78 is 20.9. The largest absolute Gasteiger partial charge is 0.611 e. The molecule has 0 bridgehead atoms. The van der Waals surface area contributed by atoms with E-state index >= 15 is 0 Å². The van der Waals surface area contributed by atoms with E-state index in [1.165, 1.54) is 19.1 Å². The minimum Gasteiger partial charge on any atom is -0.611 e. The summed E-state index contributed by atoms with van der Waals surface area (Å²) in [6.45, 7) is 4.14. The van der Waals surface area contributed by atoms with Crippen LogP contribution in [0.5, 0.6) is 0 Å². The van der Waals surface area contributed by atoms with Crippen molar-refractivity contribution in [2.24, 2.45) is 0 Å². The van der Waals surface area contributed by atoms with E-state index in [1.54, 1.807) is 30.0 Å². The van der Waals surface area contributed by atoms with Crippen molar-refractivity contribution in [2.45, 2.75) is 36.5 Å². The number of fused-ring (bicyclic) bond motifs is 2. The molecule has 198 valence electrons. The number of rotatable bonds is 8. The Morgan fingerprint density at radius 3 is 2.03 bits per heavy atom. The fourth-order valence-electron chi connectivity index (χ4n) is 3.14. The Balaban J connectivity index is 0.000000206. The van der Waals surface area contributed by atoms with Gasteiger partial charge in [-0.3, -0.25) is 10.6 Å². The fourth-order valence-corrected chi connectivity index (χ4v) is 5.01. The molecule has 1 unspecified atom stereocenters. The average molecular weight is 547 g/mol. The van der Waals surface area contributed by atoms with Crippen molar-refractivity contribution >= 4 is 69.1 Å². The van der Waals surface area contributed by atoms with Crippen LogP contribution >= 0.6 is 11.8 Å². The molecule has 0 radical (unpaired) electrons. The van der Waals surface area contributed by atoms with Crippen LogP contribution in [-0.4, -0.2) is 62.4 Å². The molecule has 2 amide bonds. The lowest BCUT2D eigenvalue weighted by Gasteiger charge is -2.08. The molecule has 0 aliphatic rings. The first kappa shape index (κ1) is 28.2. The van der Waals surface area contributed by atoms with E-state index in [2.05, 4.69) is 47.0 Å². The number of carbonyl (C=O) groups is 2. The van der Waals surface area contributed by atoms with Crippen LogP contribution in [0.4, 0.5) is 21.5 Å². The number of amides is 2. The van der Waals surface area contributed by atoms with Crippen LogP contribution < -0.4 is 10.6 Å². The standard InChI is InChI=1S/C12H15N3O3S.C12H15N3O2S/c1-3-6-19(17)8-4-5-9-10(7-8)14-11(13-9)15-12(16)18-2;1-3-6-18-8-4-5-9-10(7-8)14-11(13-9)15-12(16)17-2/h4-5,7H,3,6H2,1-2H3,(H2,13,14,15,16);4-5,7H,3,6H2,1-2H3,(H2,13,14,15,16). The molecule has 0 spiro atoms. The highest BCUT2D eigenvalue weighted by molar-refractivity contribution is 7.99. The number of anilines is 2. The molecule has 37 heavy (non-hydrogen) atoms. The van der Waals surface area contributed by atoms with Crippen LogP contribution in [0, 0.1) is 0 Å². The maximum Gasteiger partial charge on any atom is 0.413 e. The van der Waals surface area contributed by atoms with Crippen molar-refractivity contribution in [3.05, 3.63) is 36.4 Å². The molecule has 0 saturated heterocycles. The maximum absolute atomic E-state index is 11.9. The second-order valence-electron chi connectivity index (χ2n) is 7.66. The number of nitrogens with one attached hydrogen (secondary N) is 4. The van der Waals surface area contributed by atoms with Crippen molar-refractivity contribution < 1.29 is 23.6 Å². The zero-order valence-electron chi connectivity index (χ0n) is 21.0. The molecule has 2 heterocycles. The lowest BCUT2D eigenvalue weighted by molar-refractivity contribution is 0.186. The van der Waals surface area contributed by atoms with Gasteiger partial charge in [0.15, 0.2) is 4.90 Å². The number of benzene rings is 2. The van der Waals surface area contributed by atoms with E-state index in [9.17, 15) is 14.1 Å². The lowest BCUT2D eigenvalue weighted by Crippen LogP contribution is -2.11. The zero-order chi connectivity index (χ0) is 26.8. The Labute approximate surface area is 221 Å². The van der Waals surface area contributed by atoms with Gasteiger partial charge in [-0.1, -0.05) is 13.8 Å². The number of carbonyl (C=O) groups excluding carboxylic acids is 2. The fraction of sp³-hybridized carbons (Fsp3) is 0.333. The minimum atomic E-state index is -1.01. The zero-order valence-corrected chi connectivity index (χ0v) is 22.7. The summed E-state index contributed by atoms with van der Waals surface area (Å²) in [5.41, 5.74) is 3.15.